The Morgan fingerprint density at radius 1 is 1.00 bits per heavy atom. The Morgan fingerprint density at radius 3 is 1.90 bits per heavy atom. The van der Waals surface area contributed by atoms with E-state index in [2.05, 4.69) is 5.32 Å². The van der Waals surface area contributed by atoms with Crippen molar-refractivity contribution in [2.45, 2.75) is 12.5 Å². The molecule has 0 saturated heterocycles. The van der Waals surface area contributed by atoms with E-state index in [0.717, 1.165) is 11.3 Å². The van der Waals surface area contributed by atoms with Crippen LogP contribution in [0.4, 0.5) is 5.69 Å². The van der Waals surface area contributed by atoms with Crippen LogP contribution in [-0.4, -0.2) is 5.91 Å². The van der Waals surface area contributed by atoms with Gasteiger partial charge in [0.05, 0.1) is 0 Å². The molecule has 0 aromatic heterocycles. The molecular weight excluding hydrogens is 295 g/mol. The summed E-state index contributed by atoms with van der Waals surface area (Å²) in [5, 5.41) is 4.37. The number of halogens is 2. The average molecular weight is 309 g/mol. The summed E-state index contributed by atoms with van der Waals surface area (Å²) in [6.07, 6.45) is 0. The van der Waals surface area contributed by atoms with Crippen molar-refractivity contribution in [1.82, 2.24) is 0 Å². The van der Waals surface area contributed by atoms with Crippen LogP contribution in [0.1, 0.15) is 12.5 Å². The predicted molar refractivity (Wildman–Crippen MR) is 83.1 cm³/mol. The van der Waals surface area contributed by atoms with Crippen molar-refractivity contribution >= 4 is 34.8 Å². The topological polar surface area (TPSA) is 55.1 Å². The van der Waals surface area contributed by atoms with Crippen molar-refractivity contribution < 1.29 is 4.79 Å². The molecule has 0 radical (unpaired) electrons. The molecule has 0 bridgehead atoms. The maximum absolute atomic E-state index is 11.9. The maximum Gasteiger partial charge on any atom is 0.247 e. The molecule has 0 aliphatic heterocycles. The molecule has 0 saturated carbocycles. The number of primary amides is 1. The molecule has 0 fully saturated rings. The monoisotopic (exact) mass is 308 g/mol. The molecule has 0 heterocycles. The first kappa shape index (κ1) is 14.7. The highest BCUT2D eigenvalue weighted by Crippen LogP contribution is 2.27. The maximum atomic E-state index is 11.9. The molecule has 0 aliphatic rings. The van der Waals surface area contributed by atoms with Gasteiger partial charge in [0.1, 0.15) is 5.54 Å². The lowest BCUT2D eigenvalue weighted by molar-refractivity contribution is -0.122. The smallest absolute Gasteiger partial charge is 0.247 e. The second-order valence-electron chi connectivity index (χ2n) is 4.63. The number of hydrogen-bond acceptors (Lipinski definition) is 2. The molecule has 20 heavy (non-hydrogen) atoms. The molecular formula is C15H14Cl2N2O. The van der Waals surface area contributed by atoms with E-state index >= 15 is 0 Å². The van der Waals surface area contributed by atoms with Gasteiger partial charge in [-0.3, -0.25) is 4.79 Å². The third-order valence-corrected chi connectivity index (χ3v) is 3.66. The van der Waals surface area contributed by atoms with Crippen LogP contribution in [-0.2, 0) is 10.3 Å². The summed E-state index contributed by atoms with van der Waals surface area (Å²) in [5.74, 6) is -0.477. The van der Waals surface area contributed by atoms with Crippen LogP contribution in [0.2, 0.25) is 10.0 Å². The zero-order chi connectivity index (χ0) is 14.8. The van der Waals surface area contributed by atoms with Gasteiger partial charge in [-0.05, 0) is 48.9 Å². The molecule has 1 amide bonds. The van der Waals surface area contributed by atoms with Gasteiger partial charge >= 0.3 is 0 Å². The Labute approximate surface area is 127 Å². The van der Waals surface area contributed by atoms with Gasteiger partial charge in [0.25, 0.3) is 0 Å². The zero-order valence-electron chi connectivity index (χ0n) is 10.9. The number of benzene rings is 2. The Morgan fingerprint density at radius 2 is 1.45 bits per heavy atom. The molecule has 0 spiro atoms. The van der Waals surface area contributed by atoms with Crippen molar-refractivity contribution in [3.8, 4) is 0 Å². The zero-order valence-corrected chi connectivity index (χ0v) is 12.4. The van der Waals surface area contributed by atoms with Crippen LogP contribution < -0.4 is 11.1 Å². The molecule has 5 heteroatoms. The van der Waals surface area contributed by atoms with E-state index in [4.69, 9.17) is 28.9 Å². The lowest BCUT2D eigenvalue weighted by Crippen LogP contribution is -2.45. The fraction of sp³-hybridized carbons (Fsp3) is 0.133. The molecule has 2 rings (SSSR count). The minimum Gasteiger partial charge on any atom is -0.368 e. The highest BCUT2D eigenvalue weighted by atomic mass is 35.5. The lowest BCUT2D eigenvalue weighted by atomic mass is 9.91. The van der Waals surface area contributed by atoms with Crippen LogP contribution >= 0.6 is 23.2 Å². The Hall–Kier alpha value is -1.71. The van der Waals surface area contributed by atoms with Gasteiger partial charge in [-0.2, -0.15) is 0 Å². The van der Waals surface area contributed by atoms with Gasteiger partial charge in [0.15, 0.2) is 0 Å². The van der Waals surface area contributed by atoms with E-state index in [1.165, 1.54) is 0 Å². The van der Waals surface area contributed by atoms with Crippen molar-refractivity contribution in [1.29, 1.82) is 0 Å². The van der Waals surface area contributed by atoms with Crippen molar-refractivity contribution in [3.05, 3.63) is 64.1 Å². The molecule has 1 unspecified atom stereocenters. The summed E-state index contributed by atoms with van der Waals surface area (Å²) in [6.45, 7) is 1.73. The van der Waals surface area contributed by atoms with E-state index in [-0.39, 0.29) is 0 Å². The second kappa shape index (κ2) is 5.73. The Bertz CT molecular complexity index is 611. The minimum absolute atomic E-state index is 0.477. The molecule has 104 valence electrons. The number of rotatable bonds is 4. The van der Waals surface area contributed by atoms with Gasteiger partial charge in [-0.25, -0.2) is 0 Å². The molecule has 1 atom stereocenters. The number of anilines is 1. The Balaban J connectivity index is 2.37. The van der Waals surface area contributed by atoms with E-state index in [0.29, 0.717) is 10.0 Å². The quantitative estimate of drug-likeness (QED) is 0.902. The van der Waals surface area contributed by atoms with Crippen LogP contribution in [0.5, 0.6) is 0 Å². The highest BCUT2D eigenvalue weighted by Gasteiger charge is 2.33. The number of nitrogens with two attached hydrogens (primary N) is 1. The number of nitrogens with one attached hydrogen (secondary N) is 1. The first-order valence-corrected chi connectivity index (χ1v) is 6.77. The first-order valence-electron chi connectivity index (χ1n) is 6.01. The largest absolute Gasteiger partial charge is 0.368 e. The van der Waals surface area contributed by atoms with Crippen molar-refractivity contribution in [3.63, 3.8) is 0 Å². The summed E-state index contributed by atoms with van der Waals surface area (Å²) in [7, 11) is 0. The summed E-state index contributed by atoms with van der Waals surface area (Å²) in [4.78, 5) is 11.9. The third kappa shape index (κ3) is 3.06. The van der Waals surface area contributed by atoms with Gasteiger partial charge in [0.2, 0.25) is 5.91 Å². The standard InChI is InChI=1S/C15H14Cl2N2O/c1-15(14(18)20,10-2-4-11(16)5-3-10)19-13-8-6-12(17)7-9-13/h2-9,19H,1H3,(H2,18,20). The van der Waals surface area contributed by atoms with E-state index in [1.807, 2.05) is 0 Å². The minimum atomic E-state index is -1.03. The first-order chi connectivity index (χ1) is 9.41. The van der Waals surface area contributed by atoms with Gasteiger partial charge < -0.3 is 11.1 Å². The van der Waals surface area contributed by atoms with Crippen molar-refractivity contribution in [2.75, 3.05) is 5.32 Å². The van der Waals surface area contributed by atoms with E-state index in [1.54, 1.807) is 55.5 Å². The summed E-state index contributed by atoms with van der Waals surface area (Å²) in [6, 6.07) is 14.1. The summed E-state index contributed by atoms with van der Waals surface area (Å²) < 4.78 is 0. The molecule has 0 aliphatic carbocycles. The van der Waals surface area contributed by atoms with Crippen molar-refractivity contribution in [2.24, 2.45) is 5.73 Å². The average Bonchev–Trinajstić information content (AvgIpc) is 2.42. The van der Waals surface area contributed by atoms with Crippen LogP contribution in [0.3, 0.4) is 0 Å². The molecule has 3 N–H and O–H groups in total. The highest BCUT2D eigenvalue weighted by molar-refractivity contribution is 6.30. The third-order valence-electron chi connectivity index (χ3n) is 3.15. The van der Waals surface area contributed by atoms with E-state index in [9.17, 15) is 4.79 Å². The second-order valence-corrected chi connectivity index (χ2v) is 5.50. The fourth-order valence-electron chi connectivity index (χ4n) is 1.88. The lowest BCUT2D eigenvalue weighted by Gasteiger charge is -2.29. The van der Waals surface area contributed by atoms with Crippen LogP contribution in [0.25, 0.3) is 0 Å². The fourth-order valence-corrected chi connectivity index (χ4v) is 2.13. The SMILES string of the molecule is CC(Nc1ccc(Cl)cc1)(C(N)=O)c1ccc(Cl)cc1. The molecule has 2 aromatic carbocycles. The molecule has 3 nitrogen and oxygen atoms in total. The van der Waals surface area contributed by atoms with Crippen LogP contribution in [0.15, 0.2) is 48.5 Å². The number of carbonyl (C=O) groups is 1. The molecule has 2 aromatic rings. The number of amides is 1. The predicted octanol–water partition coefficient (Wildman–Crippen LogP) is 3.81. The normalized spacial score (nSPS) is 13.6. The van der Waals surface area contributed by atoms with E-state index < -0.39 is 11.4 Å². The van der Waals surface area contributed by atoms with Crippen LogP contribution in [0, 0.1) is 0 Å². The Kier molecular flexibility index (Phi) is 4.21. The summed E-state index contributed by atoms with van der Waals surface area (Å²) in [5.41, 5.74) is 6.02. The van der Waals surface area contributed by atoms with Gasteiger partial charge in [-0.1, -0.05) is 35.3 Å². The summed E-state index contributed by atoms with van der Waals surface area (Å²) >= 11 is 11.7. The number of hydrogen-bond donors (Lipinski definition) is 2. The van der Waals surface area contributed by atoms with Gasteiger partial charge in [0, 0.05) is 15.7 Å². The number of carbonyl (C=O) groups excluding carboxylic acids is 1. The van der Waals surface area contributed by atoms with Gasteiger partial charge in [-0.15, -0.1) is 0 Å².